The molecule has 1 amide bonds. The molecule has 0 rings (SSSR count). The normalized spacial score (nSPS) is 13.7. The van der Waals surface area contributed by atoms with Gasteiger partial charge in [-0.3, -0.25) is 4.79 Å². The Morgan fingerprint density at radius 1 is 0.431 bits per heavy atom. The van der Waals surface area contributed by atoms with Crippen LogP contribution in [0.25, 0.3) is 0 Å². The largest absolute Gasteiger partial charge is 0.394 e. The van der Waals surface area contributed by atoms with Crippen LogP contribution in [0.1, 0.15) is 232 Å². The maximum Gasteiger partial charge on any atom is 0.220 e. The van der Waals surface area contributed by atoms with Crippen molar-refractivity contribution in [2.24, 2.45) is 0 Å². The number of carbonyl (C=O) groups excluding carboxylic acids is 1. The minimum Gasteiger partial charge on any atom is -0.394 e. The zero-order chi connectivity index (χ0) is 42.1. The van der Waals surface area contributed by atoms with Gasteiger partial charge < -0.3 is 15.5 Å². The quantitative estimate of drug-likeness (QED) is 0.0424. The van der Waals surface area contributed by atoms with Gasteiger partial charge in [-0.15, -0.1) is 0 Å². The van der Waals surface area contributed by atoms with E-state index in [4.69, 9.17) is 0 Å². The van der Waals surface area contributed by atoms with E-state index < -0.39 is 12.1 Å². The summed E-state index contributed by atoms with van der Waals surface area (Å²) in [7, 11) is 0. The van der Waals surface area contributed by atoms with Crippen molar-refractivity contribution in [1.82, 2.24) is 5.32 Å². The smallest absolute Gasteiger partial charge is 0.220 e. The highest BCUT2D eigenvalue weighted by Crippen LogP contribution is 2.16. The standard InChI is InChI=1S/C54H95NO3/c1-3-5-7-9-11-13-15-17-19-21-23-24-25-26-27-28-29-30-32-34-36-38-40-42-44-46-48-50-54(58)55-52(51-56)53(57)49-47-45-43-41-39-37-35-33-31-22-20-18-16-14-12-10-8-6-4-2/h5,7,11,13,17,19,23-24,26-27,29-30,34,36,52-53,56-57H,3-4,6,8-10,12,14-16,18,20-22,25,28,31-33,35,37-51H2,1-2H3,(H,55,58)/b7-5-,13-11-,19-17-,24-23-,27-26-,30-29-,36-34-. The maximum atomic E-state index is 12.5. The number of amides is 1. The Labute approximate surface area is 361 Å². The van der Waals surface area contributed by atoms with Crippen molar-refractivity contribution in [3.8, 4) is 0 Å². The Bertz CT molecular complexity index is 1050. The molecule has 0 spiro atoms. The van der Waals surface area contributed by atoms with Gasteiger partial charge in [0.15, 0.2) is 0 Å². The van der Waals surface area contributed by atoms with Crippen molar-refractivity contribution >= 4 is 5.91 Å². The van der Waals surface area contributed by atoms with Crippen LogP contribution < -0.4 is 5.32 Å². The van der Waals surface area contributed by atoms with Crippen LogP contribution in [0.15, 0.2) is 85.1 Å². The van der Waals surface area contributed by atoms with Gasteiger partial charge in [0.25, 0.3) is 0 Å². The van der Waals surface area contributed by atoms with Gasteiger partial charge in [0.2, 0.25) is 5.91 Å². The molecular formula is C54H95NO3. The van der Waals surface area contributed by atoms with Crippen LogP contribution in [-0.2, 0) is 4.79 Å². The highest BCUT2D eigenvalue weighted by atomic mass is 16.3. The Balaban J connectivity index is 3.61. The highest BCUT2D eigenvalue weighted by Gasteiger charge is 2.20. The summed E-state index contributed by atoms with van der Waals surface area (Å²) in [4.78, 5) is 12.5. The van der Waals surface area contributed by atoms with Gasteiger partial charge in [0.1, 0.15) is 0 Å². The topological polar surface area (TPSA) is 69.6 Å². The van der Waals surface area contributed by atoms with Gasteiger partial charge in [0.05, 0.1) is 18.8 Å². The number of rotatable bonds is 44. The summed E-state index contributed by atoms with van der Waals surface area (Å²) in [6, 6.07) is -0.553. The lowest BCUT2D eigenvalue weighted by molar-refractivity contribution is -0.123. The summed E-state index contributed by atoms with van der Waals surface area (Å²) in [5.41, 5.74) is 0. The molecule has 0 aliphatic heterocycles. The zero-order valence-electron chi connectivity index (χ0n) is 38.3. The fraction of sp³-hybridized carbons (Fsp3) is 0.722. The first-order chi connectivity index (χ1) is 28.7. The fourth-order valence-electron chi connectivity index (χ4n) is 7.16. The van der Waals surface area contributed by atoms with Crippen LogP contribution in [0.2, 0.25) is 0 Å². The maximum absolute atomic E-state index is 12.5. The van der Waals surface area contributed by atoms with E-state index in [1.807, 2.05) is 0 Å². The molecular weight excluding hydrogens is 711 g/mol. The predicted octanol–water partition coefficient (Wildman–Crippen LogP) is 16.0. The van der Waals surface area contributed by atoms with Crippen molar-refractivity contribution in [2.75, 3.05) is 6.61 Å². The molecule has 0 aliphatic rings. The monoisotopic (exact) mass is 806 g/mol. The number of hydrogen-bond acceptors (Lipinski definition) is 3. The van der Waals surface area contributed by atoms with Crippen molar-refractivity contribution < 1.29 is 15.0 Å². The molecule has 0 aliphatic carbocycles. The van der Waals surface area contributed by atoms with Crippen molar-refractivity contribution in [3.63, 3.8) is 0 Å². The number of hydrogen-bond donors (Lipinski definition) is 3. The summed E-state index contributed by atoms with van der Waals surface area (Å²) in [6.07, 6.45) is 71.0. The molecule has 0 heterocycles. The van der Waals surface area contributed by atoms with E-state index in [0.717, 1.165) is 83.5 Å². The molecule has 2 atom stereocenters. The van der Waals surface area contributed by atoms with E-state index in [0.29, 0.717) is 12.8 Å². The van der Waals surface area contributed by atoms with E-state index in [1.165, 1.54) is 122 Å². The molecule has 3 N–H and O–H groups in total. The fourth-order valence-corrected chi connectivity index (χ4v) is 7.16. The van der Waals surface area contributed by atoms with Gasteiger partial charge in [0, 0.05) is 6.42 Å². The molecule has 4 heteroatoms. The molecule has 334 valence electrons. The van der Waals surface area contributed by atoms with Crippen molar-refractivity contribution in [2.45, 2.75) is 244 Å². The summed E-state index contributed by atoms with van der Waals surface area (Å²) in [5, 5.41) is 23.3. The highest BCUT2D eigenvalue weighted by molar-refractivity contribution is 5.76. The number of carbonyl (C=O) groups is 1. The zero-order valence-corrected chi connectivity index (χ0v) is 38.3. The van der Waals surface area contributed by atoms with Crippen LogP contribution in [-0.4, -0.2) is 34.9 Å². The first-order valence-electron chi connectivity index (χ1n) is 24.8. The third kappa shape index (κ3) is 44.7. The molecule has 0 radical (unpaired) electrons. The van der Waals surface area contributed by atoms with Crippen molar-refractivity contribution in [3.05, 3.63) is 85.1 Å². The summed E-state index contributed by atoms with van der Waals surface area (Å²) in [6.45, 7) is 4.24. The second kappa shape index (κ2) is 48.9. The van der Waals surface area contributed by atoms with Crippen molar-refractivity contribution in [1.29, 1.82) is 0 Å². The Morgan fingerprint density at radius 2 is 0.759 bits per heavy atom. The summed E-state index contributed by atoms with van der Waals surface area (Å²) >= 11 is 0. The molecule has 0 bridgehead atoms. The lowest BCUT2D eigenvalue weighted by Gasteiger charge is -2.22. The average molecular weight is 806 g/mol. The van der Waals surface area contributed by atoms with E-state index >= 15 is 0 Å². The molecule has 0 fully saturated rings. The molecule has 58 heavy (non-hydrogen) atoms. The van der Waals surface area contributed by atoms with Gasteiger partial charge in [-0.2, -0.15) is 0 Å². The number of aliphatic hydroxyl groups is 2. The second-order valence-corrected chi connectivity index (χ2v) is 16.5. The molecule has 0 aromatic heterocycles. The lowest BCUT2D eigenvalue weighted by atomic mass is 10.0. The van der Waals surface area contributed by atoms with Crippen LogP contribution in [0.3, 0.4) is 0 Å². The third-order valence-corrected chi connectivity index (χ3v) is 10.9. The number of allylic oxidation sites excluding steroid dienone is 14. The lowest BCUT2D eigenvalue weighted by Crippen LogP contribution is -2.45. The molecule has 4 nitrogen and oxygen atoms in total. The first kappa shape index (κ1) is 55.6. The minimum absolute atomic E-state index is 0.0522. The summed E-state index contributed by atoms with van der Waals surface area (Å²) in [5.74, 6) is -0.0522. The van der Waals surface area contributed by atoms with Gasteiger partial charge in [-0.25, -0.2) is 0 Å². The second-order valence-electron chi connectivity index (χ2n) is 16.5. The molecule has 0 saturated carbocycles. The predicted molar refractivity (Wildman–Crippen MR) is 257 cm³/mol. The van der Waals surface area contributed by atoms with Gasteiger partial charge in [-0.1, -0.05) is 240 Å². The Kier molecular flexibility index (Phi) is 46.9. The molecule has 0 saturated heterocycles. The van der Waals surface area contributed by atoms with E-state index in [2.05, 4.69) is 104 Å². The average Bonchev–Trinajstić information content (AvgIpc) is 3.23. The van der Waals surface area contributed by atoms with Gasteiger partial charge in [-0.05, 0) is 70.6 Å². The van der Waals surface area contributed by atoms with E-state index in [1.54, 1.807) is 0 Å². The number of nitrogens with one attached hydrogen (secondary N) is 1. The Morgan fingerprint density at radius 3 is 1.14 bits per heavy atom. The Hall–Kier alpha value is -2.43. The molecule has 0 aromatic carbocycles. The van der Waals surface area contributed by atoms with E-state index in [-0.39, 0.29) is 12.5 Å². The van der Waals surface area contributed by atoms with Crippen LogP contribution in [0, 0.1) is 0 Å². The number of unbranched alkanes of at least 4 members (excludes halogenated alkanes) is 23. The molecule has 0 aromatic rings. The first-order valence-corrected chi connectivity index (χ1v) is 24.8. The van der Waals surface area contributed by atoms with Crippen LogP contribution in [0.4, 0.5) is 0 Å². The number of aliphatic hydroxyl groups excluding tert-OH is 2. The SMILES string of the molecule is CC/C=C\C/C=C\C/C=C\C/C=C\C/C=C\C/C=C\C/C=C\CCCCCCCC(=O)NC(CO)C(O)CCCCCCCCCCCCCCCCCCCCC. The third-order valence-electron chi connectivity index (χ3n) is 10.9. The van der Waals surface area contributed by atoms with E-state index in [9.17, 15) is 15.0 Å². The van der Waals surface area contributed by atoms with Gasteiger partial charge >= 0.3 is 0 Å². The minimum atomic E-state index is -0.674. The summed E-state index contributed by atoms with van der Waals surface area (Å²) < 4.78 is 0. The molecule has 2 unspecified atom stereocenters. The van der Waals surface area contributed by atoms with Crippen LogP contribution >= 0.6 is 0 Å². The van der Waals surface area contributed by atoms with Crippen LogP contribution in [0.5, 0.6) is 0 Å².